The number of fused-ring (bicyclic) bond motifs is 1. The molecule has 33 heavy (non-hydrogen) atoms. The van der Waals surface area contributed by atoms with Crippen molar-refractivity contribution < 1.29 is 19.1 Å². The number of hydrogen-bond donors (Lipinski definition) is 0. The van der Waals surface area contributed by atoms with Crippen LogP contribution in [0.15, 0.2) is 41.8 Å². The quantitative estimate of drug-likeness (QED) is 0.310. The number of ether oxygens (including phenoxy) is 2. The molecule has 2 heterocycles. The van der Waals surface area contributed by atoms with Gasteiger partial charge in [0.15, 0.2) is 28.9 Å². The summed E-state index contributed by atoms with van der Waals surface area (Å²) in [6.07, 6.45) is 0.177. The molecule has 7 heteroatoms. The first kappa shape index (κ1) is 22.7. The van der Waals surface area contributed by atoms with Crippen molar-refractivity contribution in [2.75, 3.05) is 14.2 Å². The molecule has 0 aliphatic rings. The summed E-state index contributed by atoms with van der Waals surface area (Å²) in [7, 11) is 4.91. The van der Waals surface area contributed by atoms with E-state index in [9.17, 15) is 9.59 Å². The molecule has 0 saturated heterocycles. The predicted molar refractivity (Wildman–Crippen MR) is 131 cm³/mol. The molecular weight excluding hydrogens is 436 g/mol. The van der Waals surface area contributed by atoms with E-state index in [1.807, 2.05) is 24.6 Å². The SMILES string of the molecule is COc1ccc(C(=O)CCC(=O)c2nc(-c3csc4c(C)cccc34)c(C)n2C)cc1OC. The molecule has 0 radical (unpaired) electrons. The van der Waals surface area contributed by atoms with E-state index in [-0.39, 0.29) is 24.4 Å². The van der Waals surface area contributed by atoms with Crippen molar-refractivity contribution >= 4 is 33.0 Å². The minimum atomic E-state index is -0.156. The van der Waals surface area contributed by atoms with E-state index < -0.39 is 0 Å². The van der Waals surface area contributed by atoms with Crippen molar-refractivity contribution in [3.8, 4) is 22.8 Å². The number of imidazole rings is 1. The van der Waals surface area contributed by atoms with Gasteiger partial charge in [0.25, 0.3) is 0 Å². The highest BCUT2D eigenvalue weighted by atomic mass is 32.1. The van der Waals surface area contributed by atoms with Crippen LogP contribution in [0.5, 0.6) is 11.5 Å². The molecule has 6 nitrogen and oxygen atoms in total. The lowest BCUT2D eigenvalue weighted by molar-refractivity contribution is 0.0910. The maximum atomic E-state index is 13.0. The zero-order chi connectivity index (χ0) is 23.7. The molecule has 0 saturated carbocycles. The van der Waals surface area contributed by atoms with E-state index in [0.29, 0.717) is 22.9 Å². The molecule has 170 valence electrons. The smallest absolute Gasteiger partial charge is 0.198 e. The summed E-state index contributed by atoms with van der Waals surface area (Å²) < 4.78 is 13.5. The van der Waals surface area contributed by atoms with E-state index in [1.165, 1.54) is 17.4 Å². The van der Waals surface area contributed by atoms with Crippen LogP contribution >= 0.6 is 11.3 Å². The highest BCUT2D eigenvalue weighted by Crippen LogP contribution is 2.37. The highest BCUT2D eigenvalue weighted by Gasteiger charge is 2.22. The Kier molecular flexibility index (Phi) is 6.33. The number of aryl methyl sites for hydroxylation is 1. The second-order valence-corrected chi connectivity index (χ2v) is 8.83. The molecular formula is C26H26N2O4S. The van der Waals surface area contributed by atoms with Gasteiger partial charge in [0.1, 0.15) is 0 Å². The van der Waals surface area contributed by atoms with E-state index in [0.717, 1.165) is 22.3 Å². The van der Waals surface area contributed by atoms with Gasteiger partial charge in [-0.2, -0.15) is 0 Å². The number of methoxy groups -OCH3 is 2. The minimum absolute atomic E-state index is 0.0837. The maximum Gasteiger partial charge on any atom is 0.198 e. The predicted octanol–water partition coefficient (Wildman–Crippen LogP) is 5.78. The molecule has 0 spiro atoms. The van der Waals surface area contributed by atoms with E-state index in [1.54, 1.807) is 36.6 Å². The van der Waals surface area contributed by atoms with Gasteiger partial charge in [-0.1, -0.05) is 18.2 Å². The van der Waals surface area contributed by atoms with Crippen LogP contribution in [0.3, 0.4) is 0 Å². The Hall–Kier alpha value is -3.45. The topological polar surface area (TPSA) is 70.4 Å². The number of ketones is 2. The van der Waals surface area contributed by atoms with Gasteiger partial charge >= 0.3 is 0 Å². The van der Waals surface area contributed by atoms with Crippen LogP contribution in [0.4, 0.5) is 0 Å². The molecule has 0 amide bonds. The normalized spacial score (nSPS) is 11.1. The molecule has 0 bridgehead atoms. The maximum absolute atomic E-state index is 13.0. The fourth-order valence-corrected chi connectivity index (χ4v) is 5.00. The van der Waals surface area contributed by atoms with E-state index in [2.05, 4.69) is 24.4 Å². The number of benzene rings is 2. The van der Waals surface area contributed by atoms with Crippen LogP contribution in [0, 0.1) is 13.8 Å². The summed E-state index contributed by atoms with van der Waals surface area (Å²) in [6, 6.07) is 11.2. The lowest BCUT2D eigenvalue weighted by Crippen LogP contribution is -2.11. The van der Waals surface area contributed by atoms with Crippen molar-refractivity contribution in [1.29, 1.82) is 0 Å². The van der Waals surface area contributed by atoms with Gasteiger partial charge in [0.05, 0.1) is 19.9 Å². The Morgan fingerprint density at radius 2 is 1.73 bits per heavy atom. The van der Waals surface area contributed by atoms with Gasteiger partial charge in [-0.3, -0.25) is 9.59 Å². The number of carbonyl (C=O) groups is 2. The lowest BCUT2D eigenvalue weighted by Gasteiger charge is -2.09. The van der Waals surface area contributed by atoms with Gasteiger partial charge in [-0.25, -0.2) is 4.98 Å². The Morgan fingerprint density at radius 3 is 2.45 bits per heavy atom. The number of Topliss-reactive ketones (excluding diaryl/α,β-unsaturated/α-hetero) is 2. The number of aromatic nitrogens is 2. The Balaban J connectivity index is 1.55. The monoisotopic (exact) mass is 462 g/mol. The van der Waals surface area contributed by atoms with Gasteiger partial charge in [-0.05, 0) is 37.6 Å². The van der Waals surface area contributed by atoms with Crippen LogP contribution < -0.4 is 9.47 Å². The molecule has 0 aliphatic heterocycles. The van der Waals surface area contributed by atoms with E-state index in [4.69, 9.17) is 14.5 Å². The Bertz CT molecular complexity index is 1370. The second kappa shape index (κ2) is 9.19. The van der Waals surface area contributed by atoms with Gasteiger partial charge in [0, 0.05) is 52.2 Å². The highest BCUT2D eigenvalue weighted by molar-refractivity contribution is 7.18. The third-order valence-corrected chi connectivity index (χ3v) is 7.10. The largest absolute Gasteiger partial charge is 0.493 e. The first-order chi connectivity index (χ1) is 15.8. The molecule has 0 unspecified atom stereocenters. The molecule has 4 aromatic rings. The number of hydrogen-bond acceptors (Lipinski definition) is 6. The third-order valence-electron chi connectivity index (χ3n) is 5.97. The molecule has 0 N–H and O–H groups in total. The number of nitrogens with zero attached hydrogens (tertiary/aromatic N) is 2. The van der Waals surface area contributed by atoms with Crippen LogP contribution in [-0.2, 0) is 7.05 Å². The zero-order valence-electron chi connectivity index (χ0n) is 19.4. The summed E-state index contributed by atoms with van der Waals surface area (Å²) in [5.74, 6) is 1.12. The van der Waals surface area contributed by atoms with Crippen molar-refractivity contribution in [1.82, 2.24) is 9.55 Å². The second-order valence-electron chi connectivity index (χ2n) is 7.95. The number of carbonyl (C=O) groups excluding carboxylic acids is 2. The van der Waals surface area contributed by atoms with Crippen LogP contribution in [0.25, 0.3) is 21.3 Å². The van der Waals surface area contributed by atoms with Crippen molar-refractivity contribution in [3.63, 3.8) is 0 Å². The fraction of sp³-hybridized carbons (Fsp3) is 0.269. The summed E-state index contributed by atoms with van der Waals surface area (Å²) in [6.45, 7) is 4.06. The number of thiophene rings is 1. The van der Waals surface area contributed by atoms with E-state index >= 15 is 0 Å². The first-order valence-electron chi connectivity index (χ1n) is 10.6. The van der Waals surface area contributed by atoms with Crippen molar-refractivity contribution in [2.45, 2.75) is 26.7 Å². The number of rotatable bonds is 8. The van der Waals surface area contributed by atoms with Gasteiger partial charge < -0.3 is 14.0 Å². The summed E-state index contributed by atoms with van der Waals surface area (Å²) in [4.78, 5) is 30.4. The zero-order valence-corrected chi connectivity index (χ0v) is 20.2. The molecule has 4 rings (SSSR count). The van der Waals surface area contributed by atoms with Gasteiger partial charge in [0.2, 0.25) is 0 Å². The average Bonchev–Trinajstić information content (AvgIpc) is 3.38. The fourth-order valence-electron chi connectivity index (χ4n) is 3.96. The van der Waals surface area contributed by atoms with Crippen LogP contribution in [0.1, 0.15) is 45.1 Å². The summed E-state index contributed by atoms with van der Waals surface area (Å²) >= 11 is 1.69. The first-order valence-corrected chi connectivity index (χ1v) is 11.5. The Labute approximate surface area is 196 Å². The van der Waals surface area contributed by atoms with Crippen LogP contribution in [-0.4, -0.2) is 35.3 Å². The average molecular weight is 463 g/mol. The van der Waals surface area contributed by atoms with Crippen molar-refractivity contribution in [2.24, 2.45) is 7.05 Å². The van der Waals surface area contributed by atoms with Crippen molar-refractivity contribution in [3.05, 3.63) is 64.4 Å². The molecule has 0 aliphatic carbocycles. The van der Waals surface area contributed by atoms with Gasteiger partial charge in [-0.15, -0.1) is 11.3 Å². The summed E-state index contributed by atoms with van der Waals surface area (Å²) in [5, 5.41) is 3.24. The standard InChI is InChI=1S/C26H26N2O4S/c1-15-7-6-8-18-19(14-33-25(15)18)24-16(2)28(3)26(27-24)21(30)11-10-20(29)17-9-12-22(31-4)23(13-17)32-5/h6-9,12-14H,10-11H2,1-5H3. The Morgan fingerprint density at radius 1 is 1.00 bits per heavy atom. The van der Waals surface area contributed by atoms with Crippen LogP contribution in [0.2, 0.25) is 0 Å². The molecule has 2 aromatic heterocycles. The molecule has 0 fully saturated rings. The summed E-state index contributed by atoms with van der Waals surface area (Å²) in [5.41, 5.74) is 4.47. The third kappa shape index (κ3) is 4.16. The lowest BCUT2D eigenvalue weighted by atomic mass is 10.0. The molecule has 0 atom stereocenters. The minimum Gasteiger partial charge on any atom is -0.493 e. The molecule has 2 aromatic carbocycles.